The zero-order valence-corrected chi connectivity index (χ0v) is 25.8. The third-order valence-corrected chi connectivity index (χ3v) is 8.60. The first-order chi connectivity index (χ1) is 21.2. The number of hydrogen-bond acceptors (Lipinski definition) is 8. The molecule has 11 nitrogen and oxygen atoms in total. The van der Waals surface area contributed by atoms with E-state index in [1.165, 1.54) is 16.2 Å². The fourth-order valence-electron chi connectivity index (χ4n) is 4.95. The summed E-state index contributed by atoms with van der Waals surface area (Å²) >= 11 is 1.27. The van der Waals surface area contributed by atoms with Gasteiger partial charge in [-0.15, -0.1) is 11.3 Å². The van der Waals surface area contributed by atoms with Crippen LogP contribution in [0, 0.1) is 5.92 Å². The summed E-state index contributed by atoms with van der Waals surface area (Å²) in [4.78, 5) is 47.8. The Kier molecular flexibility index (Phi) is 9.31. The number of fused-ring (bicyclic) bond motifs is 2. The number of amides is 4. The van der Waals surface area contributed by atoms with Gasteiger partial charge in [0, 0.05) is 25.2 Å². The molecule has 0 bridgehead atoms. The highest BCUT2D eigenvalue weighted by molar-refractivity contribution is 7.20. The minimum atomic E-state index is -0.567. The summed E-state index contributed by atoms with van der Waals surface area (Å²) in [6.45, 7) is 3.95. The monoisotopic (exact) mass is 617 g/mol. The molecule has 3 N–H and O–H groups in total. The number of urea groups is 1. The molecule has 1 aliphatic rings. The number of benzene rings is 3. The van der Waals surface area contributed by atoms with Crippen LogP contribution < -0.4 is 20.1 Å². The second-order valence-corrected chi connectivity index (χ2v) is 11.8. The quantitative estimate of drug-likeness (QED) is 0.255. The highest BCUT2D eigenvalue weighted by Crippen LogP contribution is 2.35. The van der Waals surface area contributed by atoms with Crippen LogP contribution in [-0.2, 0) is 0 Å². The summed E-state index contributed by atoms with van der Waals surface area (Å²) in [5.74, 6) is -0.130. The van der Waals surface area contributed by atoms with Crippen molar-refractivity contribution in [2.45, 2.75) is 26.0 Å². The first-order valence-electron chi connectivity index (χ1n) is 14.2. The van der Waals surface area contributed by atoms with Gasteiger partial charge in [0.1, 0.15) is 11.9 Å². The van der Waals surface area contributed by atoms with Crippen molar-refractivity contribution >= 4 is 50.8 Å². The van der Waals surface area contributed by atoms with Crippen LogP contribution in [-0.4, -0.2) is 83.7 Å². The maximum Gasteiger partial charge on any atom is 0.321 e. The van der Waals surface area contributed by atoms with E-state index in [9.17, 15) is 19.5 Å². The molecule has 230 valence electrons. The van der Waals surface area contributed by atoms with Crippen molar-refractivity contribution in [3.63, 3.8) is 0 Å². The standard InChI is InChI=1S/C32H35N5O6S/c1-19-16-37(20(2)18-38)31(40)23-8-7-10-25(34-29(39)30-35-24-9-5-6-11-27(24)44-30)28(23)43-26(19)17-36(3)32(41)33-21-12-14-22(42-4)15-13-21/h5-15,19-20,26,38H,16-18H2,1-4H3,(H,33,41)(H,34,39)/t19-,20+,26+/m1/s1. The van der Waals surface area contributed by atoms with Crippen molar-refractivity contribution in [3.8, 4) is 11.5 Å². The number of carbonyl (C=O) groups excluding carboxylic acids is 3. The molecule has 2 heterocycles. The van der Waals surface area contributed by atoms with Crippen LogP contribution in [0.4, 0.5) is 16.2 Å². The molecule has 0 fully saturated rings. The maximum absolute atomic E-state index is 13.8. The summed E-state index contributed by atoms with van der Waals surface area (Å²) < 4.78 is 12.6. The van der Waals surface area contributed by atoms with Crippen molar-refractivity contribution in [3.05, 3.63) is 77.3 Å². The number of carbonyl (C=O) groups is 3. The zero-order valence-electron chi connectivity index (χ0n) is 24.9. The van der Waals surface area contributed by atoms with Gasteiger partial charge < -0.3 is 35.0 Å². The van der Waals surface area contributed by atoms with Gasteiger partial charge in [0.05, 0.1) is 47.8 Å². The molecule has 3 aromatic carbocycles. The minimum absolute atomic E-state index is 0.179. The van der Waals surface area contributed by atoms with Crippen LogP contribution >= 0.6 is 11.3 Å². The third-order valence-electron chi connectivity index (χ3n) is 7.57. The van der Waals surface area contributed by atoms with Crippen molar-refractivity contribution in [1.82, 2.24) is 14.8 Å². The number of rotatable bonds is 8. The van der Waals surface area contributed by atoms with Crippen LogP contribution in [0.3, 0.4) is 0 Å². The fourth-order valence-corrected chi connectivity index (χ4v) is 5.81. The molecule has 1 aliphatic heterocycles. The fraction of sp³-hybridized carbons (Fsp3) is 0.312. The first kappa shape index (κ1) is 30.8. The number of para-hydroxylation sites is 2. The lowest BCUT2D eigenvalue weighted by molar-refractivity contribution is 0.0372. The number of ether oxygens (including phenoxy) is 2. The van der Waals surface area contributed by atoms with Crippen molar-refractivity contribution < 1.29 is 29.0 Å². The summed E-state index contributed by atoms with van der Waals surface area (Å²) in [7, 11) is 3.23. The number of aliphatic hydroxyl groups excluding tert-OH is 1. The van der Waals surface area contributed by atoms with Crippen LogP contribution in [0.5, 0.6) is 11.5 Å². The smallest absolute Gasteiger partial charge is 0.321 e. The second kappa shape index (κ2) is 13.3. The molecule has 0 unspecified atom stereocenters. The van der Waals surface area contributed by atoms with Crippen molar-refractivity contribution in [2.24, 2.45) is 5.92 Å². The molecule has 4 aromatic rings. The molecule has 5 rings (SSSR count). The van der Waals surface area contributed by atoms with Gasteiger partial charge >= 0.3 is 6.03 Å². The van der Waals surface area contributed by atoms with E-state index >= 15 is 0 Å². The number of methoxy groups -OCH3 is 1. The number of nitrogens with zero attached hydrogens (tertiary/aromatic N) is 3. The normalized spacial score (nSPS) is 17.1. The van der Waals surface area contributed by atoms with Gasteiger partial charge in [-0.25, -0.2) is 9.78 Å². The summed E-state index contributed by atoms with van der Waals surface area (Å²) in [5, 5.41) is 16.0. The van der Waals surface area contributed by atoms with Crippen LogP contribution in [0.25, 0.3) is 10.2 Å². The summed E-state index contributed by atoms with van der Waals surface area (Å²) in [6, 6.07) is 18.6. The van der Waals surface area contributed by atoms with Gasteiger partial charge in [-0.2, -0.15) is 0 Å². The molecule has 1 aromatic heterocycles. The van der Waals surface area contributed by atoms with E-state index in [-0.39, 0.29) is 47.3 Å². The molecule has 0 spiro atoms. The van der Waals surface area contributed by atoms with Crippen LogP contribution in [0.1, 0.15) is 34.0 Å². The average molecular weight is 618 g/mol. The molecule has 0 aliphatic carbocycles. The van der Waals surface area contributed by atoms with Crippen molar-refractivity contribution in [2.75, 3.05) is 44.5 Å². The molecule has 4 amide bonds. The van der Waals surface area contributed by atoms with Gasteiger partial charge in [0.15, 0.2) is 10.8 Å². The predicted molar refractivity (Wildman–Crippen MR) is 170 cm³/mol. The van der Waals surface area contributed by atoms with E-state index in [2.05, 4.69) is 15.6 Å². The maximum atomic E-state index is 13.8. The van der Waals surface area contributed by atoms with E-state index in [0.717, 1.165) is 10.2 Å². The van der Waals surface area contributed by atoms with Crippen LogP contribution in [0.2, 0.25) is 0 Å². The SMILES string of the molecule is COc1ccc(NC(=O)N(C)C[C@@H]2Oc3c(NC(=O)c4nc5ccccc5s4)cccc3C(=O)N([C@@H](C)CO)C[C@H]2C)cc1. The average Bonchev–Trinajstić information content (AvgIpc) is 3.47. The molecular formula is C32H35N5O6S. The number of aromatic nitrogens is 1. The van der Waals surface area contributed by atoms with E-state index in [0.29, 0.717) is 23.7 Å². The van der Waals surface area contributed by atoms with Crippen LogP contribution in [0.15, 0.2) is 66.7 Å². The third kappa shape index (κ3) is 6.61. The summed E-state index contributed by atoms with van der Waals surface area (Å²) in [5.41, 5.74) is 1.87. The van der Waals surface area contributed by atoms with E-state index in [1.54, 1.807) is 68.4 Å². The molecule has 12 heteroatoms. The first-order valence-corrected chi connectivity index (χ1v) is 15.0. The number of likely N-dealkylation sites (N-methyl/N-ethyl adjacent to an activating group) is 1. The Labute approximate surface area is 259 Å². The van der Waals surface area contributed by atoms with E-state index < -0.39 is 18.1 Å². The van der Waals surface area contributed by atoms with Gasteiger partial charge in [0.2, 0.25) is 0 Å². The second-order valence-electron chi connectivity index (χ2n) is 10.8. The predicted octanol–water partition coefficient (Wildman–Crippen LogP) is 4.94. The molecule has 44 heavy (non-hydrogen) atoms. The Bertz CT molecular complexity index is 1630. The largest absolute Gasteiger partial charge is 0.497 e. The van der Waals surface area contributed by atoms with Crippen molar-refractivity contribution in [1.29, 1.82) is 0 Å². The van der Waals surface area contributed by atoms with Gasteiger partial charge in [0.25, 0.3) is 11.8 Å². The van der Waals surface area contributed by atoms with Gasteiger partial charge in [-0.05, 0) is 55.5 Å². The molecule has 0 radical (unpaired) electrons. The molecule has 0 saturated carbocycles. The number of nitrogens with one attached hydrogen (secondary N) is 2. The topological polar surface area (TPSA) is 133 Å². The Morgan fingerprint density at radius 1 is 1.14 bits per heavy atom. The Morgan fingerprint density at radius 3 is 2.59 bits per heavy atom. The number of anilines is 2. The van der Waals surface area contributed by atoms with Gasteiger partial charge in [-0.3, -0.25) is 9.59 Å². The minimum Gasteiger partial charge on any atom is -0.497 e. The lowest BCUT2D eigenvalue weighted by atomic mass is 9.99. The lowest BCUT2D eigenvalue weighted by Crippen LogP contribution is -2.50. The molecular weight excluding hydrogens is 582 g/mol. The highest BCUT2D eigenvalue weighted by atomic mass is 32.1. The molecule has 3 atom stereocenters. The zero-order chi connectivity index (χ0) is 31.4. The highest BCUT2D eigenvalue weighted by Gasteiger charge is 2.35. The number of aliphatic hydroxyl groups is 1. The lowest BCUT2D eigenvalue weighted by Gasteiger charge is -2.38. The Balaban J connectivity index is 1.43. The van der Waals surface area contributed by atoms with E-state index in [1.807, 2.05) is 31.2 Å². The Morgan fingerprint density at radius 2 is 1.89 bits per heavy atom. The molecule has 0 saturated heterocycles. The van der Waals surface area contributed by atoms with Gasteiger partial charge in [-0.1, -0.05) is 25.1 Å². The van der Waals surface area contributed by atoms with E-state index in [4.69, 9.17) is 9.47 Å². The number of hydrogen-bond donors (Lipinski definition) is 3. The summed E-state index contributed by atoms with van der Waals surface area (Å²) in [6.07, 6.45) is -0.567. The Hall–Kier alpha value is -4.68. The number of thiazole rings is 1.